The smallest absolute Gasteiger partial charge is 0.142 e. The summed E-state index contributed by atoms with van der Waals surface area (Å²) in [4.78, 5) is 0. The van der Waals surface area contributed by atoms with Gasteiger partial charge in [0.15, 0.2) is 0 Å². The Bertz CT molecular complexity index is 526. The van der Waals surface area contributed by atoms with Crippen LogP contribution in [0.3, 0.4) is 0 Å². The Morgan fingerprint density at radius 1 is 1.47 bits per heavy atom. The van der Waals surface area contributed by atoms with Gasteiger partial charge in [-0.25, -0.2) is 4.39 Å². The lowest BCUT2D eigenvalue weighted by Gasteiger charge is -2.17. The topological polar surface area (TPSA) is 42.7 Å². The summed E-state index contributed by atoms with van der Waals surface area (Å²) in [6.45, 7) is 0. The molecule has 0 fully saturated rings. The van der Waals surface area contributed by atoms with Crippen molar-refractivity contribution < 1.29 is 4.39 Å². The minimum absolute atomic E-state index is 0.270. The molecule has 2 rings (SSSR count). The lowest BCUT2D eigenvalue weighted by atomic mass is 10.0. The maximum absolute atomic E-state index is 14.0. The minimum Gasteiger partial charge on any atom is -0.308 e. The molecule has 0 aliphatic heterocycles. The molecule has 1 N–H and O–H groups in total. The van der Waals surface area contributed by atoms with Gasteiger partial charge in [0, 0.05) is 12.6 Å². The lowest BCUT2D eigenvalue weighted by molar-refractivity contribution is 0.546. The third-order valence-electron chi connectivity index (χ3n) is 2.63. The Morgan fingerprint density at radius 2 is 2.24 bits per heavy atom. The second-order valence-corrected chi connectivity index (χ2v) is 4.50. The molecule has 0 aliphatic carbocycles. The first kappa shape index (κ1) is 12.2. The second-order valence-electron chi connectivity index (χ2n) is 3.65. The van der Waals surface area contributed by atoms with Gasteiger partial charge in [0.1, 0.15) is 5.82 Å². The molecular weight excluding hydrogens is 287 g/mol. The number of nitrogens with zero attached hydrogens (tertiary/aromatic N) is 3. The summed E-state index contributed by atoms with van der Waals surface area (Å²) < 4.78 is 16.1. The van der Waals surface area contributed by atoms with E-state index in [1.165, 1.54) is 0 Å². The summed E-state index contributed by atoms with van der Waals surface area (Å²) in [5, 5.41) is 10.7. The Balaban J connectivity index is 2.50. The Hall–Kier alpha value is -1.27. The van der Waals surface area contributed by atoms with Crippen LogP contribution in [-0.2, 0) is 7.05 Å². The Kier molecular flexibility index (Phi) is 3.54. The number of benzene rings is 1. The summed E-state index contributed by atoms with van der Waals surface area (Å²) in [5.41, 5.74) is 1.37. The number of aryl methyl sites for hydroxylation is 1. The van der Waals surface area contributed by atoms with Crippen molar-refractivity contribution in [2.45, 2.75) is 6.04 Å². The normalized spacial score (nSPS) is 12.7. The highest BCUT2D eigenvalue weighted by molar-refractivity contribution is 9.10. The molecule has 0 saturated heterocycles. The van der Waals surface area contributed by atoms with Crippen molar-refractivity contribution in [3.8, 4) is 0 Å². The molecule has 1 atom stereocenters. The first-order chi connectivity index (χ1) is 8.15. The first-order valence-corrected chi connectivity index (χ1v) is 5.90. The number of hydrogen-bond acceptors (Lipinski definition) is 3. The van der Waals surface area contributed by atoms with Gasteiger partial charge in [0.05, 0.1) is 22.4 Å². The van der Waals surface area contributed by atoms with Crippen LogP contribution in [0.5, 0.6) is 0 Å². The third kappa shape index (κ3) is 2.23. The van der Waals surface area contributed by atoms with E-state index in [9.17, 15) is 4.39 Å². The SMILES string of the molecule is CNC(c1cccc(Br)c1F)c1cnnn1C. The van der Waals surface area contributed by atoms with E-state index in [1.54, 1.807) is 43.2 Å². The molecular formula is C11H12BrFN4. The van der Waals surface area contributed by atoms with Crippen molar-refractivity contribution in [3.63, 3.8) is 0 Å². The minimum atomic E-state index is -0.271. The third-order valence-corrected chi connectivity index (χ3v) is 3.24. The number of nitrogens with one attached hydrogen (secondary N) is 1. The molecule has 1 aromatic heterocycles. The highest BCUT2D eigenvalue weighted by atomic mass is 79.9. The fraction of sp³-hybridized carbons (Fsp3) is 0.273. The lowest BCUT2D eigenvalue weighted by Crippen LogP contribution is -2.21. The molecule has 1 heterocycles. The van der Waals surface area contributed by atoms with E-state index in [-0.39, 0.29) is 11.9 Å². The summed E-state index contributed by atoms with van der Waals surface area (Å²) in [5.74, 6) is -0.270. The summed E-state index contributed by atoms with van der Waals surface area (Å²) in [6.07, 6.45) is 1.63. The molecule has 0 bridgehead atoms. The van der Waals surface area contributed by atoms with E-state index in [0.29, 0.717) is 10.0 Å². The average molecular weight is 299 g/mol. The molecule has 0 aliphatic rings. The van der Waals surface area contributed by atoms with E-state index >= 15 is 0 Å². The average Bonchev–Trinajstić information content (AvgIpc) is 2.72. The van der Waals surface area contributed by atoms with Crippen LogP contribution in [0.2, 0.25) is 0 Å². The number of halogens is 2. The van der Waals surface area contributed by atoms with E-state index in [2.05, 4.69) is 31.6 Å². The largest absolute Gasteiger partial charge is 0.308 e. The Morgan fingerprint density at radius 3 is 2.82 bits per heavy atom. The van der Waals surface area contributed by atoms with Gasteiger partial charge >= 0.3 is 0 Å². The molecule has 6 heteroatoms. The van der Waals surface area contributed by atoms with Crippen LogP contribution in [0.1, 0.15) is 17.3 Å². The molecule has 2 aromatic rings. The Labute approximate surface area is 107 Å². The van der Waals surface area contributed by atoms with Gasteiger partial charge in [-0.2, -0.15) is 0 Å². The molecule has 1 aromatic carbocycles. The van der Waals surface area contributed by atoms with Crippen molar-refractivity contribution in [2.75, 3.05) is 7.05 Å². The van der Waals surface area contributed by atoms with Crippen molar-refractivity contribution in [2.24, 2.45) is 7.05 Å². The molecule has 90 valence electrons. The fourth-order valence-corrected chi connectivity index (χ4v) is 2.15. The van der Waals surface area contributed by atoms with Crippen LogP contribution in [0.25, 0.3) is 0 Å². The van der Waals surface area contributed by atoms with E-state index in [0.717, 1.165) is 5.69 Å². The van der Waals surface area contributed by atoms with Gasteiger partial charge in [-0.05, 0) is 29.0 Å². The molecule has 4 nitrogen and oxygen atoms in total. The zero-order chi connectivity index (χ0) is 12.4. The maximum Gasteiger partial charge on any atom is 0.142 e. The van der Waals surface area contributed by atoms with Crippen LogP contribution < -0.4 is 5.32 Å². The zero-order valence-corrected chi connectivity index (χ0v) is 11.1. The standard InChI is InChI=1S/C11H12BrFN4/c1-14-11(9-6-15-16-17(9)2)7-4-3-5-8(12)10(7)13/h3-6,11,14H,1-2H3. The van der Waals surface area contributed by atoms with Gasteiger partial charge in [-0.3, -0.25) is 4.68 Å². The molecule has 0 radical (unpaired) electrons. The molecule has 0 amide bonds. The molecule has 0 spiro atoms. The van der Waals surface area contributed by atoms with Crippen LogP contribution in [-0.4, -0.2) is 22.0 Å². The zero-order valence-electron chi connectivity index (χ0n) is 9.48. The predicted molar refractivity (Wildman–Crippen MR) is 66.0 cm³/mol. The van der Waals surface area contributed by atoms with Crippen LogP contribution in [0.4, 0.5) is 4.39 Å². The van der Waals surface area contributed by atoms with Gasteiger partial charge in [0.25, 0.3) is 0 Å². The molecule has 1 unspecified atom stereocenters. The van der Waals surface area contributed by atoms with E-state index in [1.807, 2.05) is 0 Å². The predicted octanol–water partition coefficient (Wildman–Crippen LogP) is 2.03. The van der Waals surface area contributed by atoms with Crippen LogP contribution in [0, 0.1) is 5.82 Å². The number of hydrogen-bond donors (Lipinski definition) is 1. The van der Waals surface area contributed by atoms with Crippen LogP contribution >= 0.6 is 15.9 Å². The number of rotatable bonds is 3. The molecule has 0 saturated carbocycles. The van der Waals surface area contributed by atoms with Gasteiger partial charge < -0.3 is 5.32 Å². The van der Waals surface area contributed by atoms with Crippen molar-refractivity contribution >= 4 is 15.9 Å². The van der Waals surface area contributed by atoms with Gasteiger partial charge in [0.2, 0.25) is 0 Å². The monoisotopic (exact) mass is 298 g/mol. The summed E-state index contributed by atoms with van der Waals surface area (Å²) >= 11 is 3.18. The quantitative estimate of drug-likeness (QED) is 0.943. The second kappa shape index (κ2) is 4.93. The fourth-order valence-electron chi connectivity index (χ4n) is 1.77. The number of aromatic nitrogens is 3. The summed E-state index contributed by atoms with van der Waals surface area (Å²) in [6, 6.07) is 4.95. The van der Waals surface area contributed by atoms with Crippen molar-refractivity contribution in [1.82, 2.24) is 20.3 Å². The first-order valence-electron chi connectivity index (χ1n) is 5.11. The highest BCUT2D eigenvalue weighted by Crippen LogP contribution is 2.27. The van der Waals surface area contributed by atoms with E-state index < -0.39 is 0 Å². The van der Waals surface area contributed by atoms with Gasteiger partial charge in [-0.1, -0.05) is 17.3 Å². The highest BCUT2D eigenvalue weighted by Gasteiger charge is 2.20. The van der Waals surface area contributed by atoms with Gasteiger partial charge in [-0.15, -0.1) is 5.10 Å². The van der Waals surface area contributed by atoms with E-state index in [4.69, 9.17) is 0 Å². The molecule has 17 heavy (non-hydrogen) atoms. The summed E-state index contributed by atoms with van der Waals surface area (Å²) in [7, 11) is 3.56. The van der Waals surface area contributed by atoms with Crippen molar-refractivity contribution in [1.29, 1.82) is 0 Å². The van der Waals surface area contributed by atoms with Crippen molar-refractivity contribution in [3.05, 3.63) is 45.9 Å². The maximum atomic E-state index is 14.0. The van der Waals surface area contributed by atoms with Crippen LogP contribution in [0.15, 0.2) is 28.9 Å².